The first-order valence-corrected chi connectivity index (χ1v) is 3.57. The minimum Gasteiger partial charge on any atom is -0.388 e. The van der Waals surface area contributed by atoms with Crippen LogP contribution >= 0.6 is 0 Å². The van der Waals surface area contributed by atoms with Gasteiger partial charge in [-0.2, -0.15) is 0 Å². The molecule has 1 aliphatic carbocycles. The summed E-state index contributed by atoms with van der Waals surface area (Å²) < 4.78 is 0. The van der Waals surface area contributed by atoms with Crippen molar-refractivity contribution >= 4 is 0 Å². The Morgan fingerprint density at radius 2 is 2.20 bits per heavy atom. The number of hydrogen-bond acceptors (Lipinski definition) is 1. The van der Waals surface area contributed by atoms with E-state index in [1.165, 1.54) is 5.70 Å². The molecule has 54 valence electrons. The van der Waals surface area contributed by atoms with E-state index in [-0.39, 0.29) is 0 Å². The lowest BCUT2D eigenvalue weighted by Crippen LogP contribution is -2.03. The van der Waals surface area contributed by atoms with Crippen molar-refractivity contribution in [2.45, 2.75) is 6.92 Å². The lowest BCUT2D eigenvalue weighted by molar-refractivity contribution is 0.903. The van der Waals surface area contributed by atoms with Crippen molar-refractivity contribution in [2.75, 3.05) is 7.05 Å². The minimum atomic E-state index is 0.539. The maximum atomic E-state index is 3.11. The number of nitrogens with one attached hydrogen (secondary N) is 1. The fraction of sp³-hybridized carbons (Fsp3) is 0.333. The van der Waals surface area contributed by atoms with Crippen LogP contribution < -0.4 is 5.32 Å². The molecule has 0 aromatic rings. The minimum absolute atomic E-state index is 0.539. The Balaban J connectivity index is 2.74. The van der Waals surface area contributed by atoms with E-state index in [0.717, 1.165) is 0 Å². The third kappa shape index (κ3) is 1.76. The summed E-state index contributed by atoms with van der Waals surface area (Å²) in [5, 5.41) is 3.11. The van der Waals surface area contributed by atoms with Crippen LogP contribution in [0.1, 0.15) is 6.92 Å². The van der Waals surface area contributed by atoms with Gasteiger partial charge in [0.05, 0.1) is 0 Å². The van der Waals surface area contributed by atoms with E-state index in [4.69, 9.17) is 0 Å². The van der Waals surface area contributed by atoms with Crippen molar-refractivity contribution in [1.82, 2.24) is 5.32 Å². The highest BCUT2D eigenvalue weighted by Crippen LogP contribution is 2.07. The van der Waals surface area contributed by atoms with E-state index < -0.39 is 0 Å². The molecule has 0 bridgehead atoms. The Hall–Kier alpha value is -0.980. The Bertz CT molecular complexity index is 187. The molecule has 0 radical (unpaired) electrons. The van der Waals surface area contributed by atoms with Gasteiger partial charge in [0.15, 0.2) is 0 Å². The van der Waals surface area contributed by atoms with Crippen LogP contribution in [-0.2, 0) is 0 Å². The predicted molar refractivity (Wildman–Crippen MR) is 44.6 cm³/mol. The molecule has 0 saturated carbocycles. The van der Waals surface area contributed by atoms with E-state index in [1.807, 2.05) is 13.1 Å². The average Bonchev–Trinajstić information content (AvgIpc) is 2.13. The van der Waals surface area contributed by atoms with Crippen LogP contribution in [0.2, 0.25) is 0 Å². The summed E-state index contributed by atoms with van der Waals surface area (Å²) in [6.45, 7) is 2.17. The van der Waals surface area contributed by atoms with Gasteiger partial charge in [0.2, 0.25) is 0 Å². The van der Waals surface area contributed by atoms with Crippen molar-refractivity contribution in [3.63, 3.8) is 0 Å². The first kappa shape index (κ1) is 7.13. The largest absolute Gasteiger partial charge is 0.388 e. The standard InChI is InChI=1S/C9H13N/c1-8-5-3-4-6-9(7-8)10-2/h3-8,10H,1-2H3. The van der Waals surface area contributed by atoms with Crippen molar-refractivity contribution in [3.05, 3.63) is 36.1 Å². The second kappa shape index (κ2) is 3.25. The van der Waals surface area contributed by atoms with Gasteiger partial charge in [-0.05, 0) is 12.0 Å². The molecule has 0 heterocycles. The van der Waals surface area contributed by atoms with Gasteiger partial charge in [0.1, 0.15) is 0 Å². The van der Waals surface area contributed by atoms with E-state index in [9.17, 15) is 0 Å². The van der Waals surface area contributed by atoms with Crippen LogP contribution in [0.4, 0.5) is 0 Å². The fourth-order valence-corrected chi connectivity index (χ4v) is 0.960. The van der Waals surface area contributed by atoms with Gasteiger partial charge in [-0.1, -0.05) is 31.2 Å². The first-order chi connectivity index (χ1) is 4.83. The molecule has 1 heteroatoms. The lowest BCUT2D eigenvalue weighted by atomic mass is 10.1. The summed E-state index contributed by atoms with van der Waals surface area (Å²) in [6.07, 6.45) is 10.6. The summed E-state index contributed by atoms with van der Waals surface area (Å²) in [5.74, 6) is 0.539. The highest BCUT2D eigenvalue weighted by Gasteiger charge is 1.95. The molecule has 1 rings (SSSR count). The van der Waals surface area contributed by atoms with Gasteiger partial charge in [-0.15, -0.1) is 0 Å². The molecule has 0 spiro atoms. The quantitative estimate of drug-likeness (QED) is 0.578. The zero-order chi connectivity index (χ0) is 7.40. The molecule has 0 aliphatic heterocycles. The smallest absolute Gasteiger partial charge is 0.0302 e. The predicted octanol–water partition coefficient (Wildman–Crippen LogP) is 1.85. The normalized spacial score (nSPS) is 23.8. The monoisotopic (exact) mass is 135 g/mol. The second-order valence-corrected chi connectivity index (χ2v) is 2.48. The summed E-state index contributed by atoms with van der Waals surface area (Å²) in [4.78, 5) is 0. The van der Waals surface area contributed by atoms with E-state index in [2.05, 4.69) is 36.5 Å². The van der Waals surface area contributed by atoms with Crippen LogP contribution in [0, 0.1) is 5.92 Å². The van der Waals surface area contributed by atoms with Crippen LogP contribution in [0.5, 0.6) is 0 Å². The Morgan fingerprint density at radius 3 is 2.90 bits per heavy atom. The molecular formula is C9H13N. The SMILES string of the molecule is CNC1=CC(C)C=CC=C1. The van der Waals surface area contributed by atoms with Gasteiger partial charge in [-0.3, -0.25) is 0 Å². The molecule has 1 unspecified atom stereocenters. The highest BCUT2D eigenvalue weighted by atomic mass is 14.8. The van der Waals surface area contributed by atoms with E-state index >= 15 is 0 Å². The average molecular weight is 135 g/mol. The van der Waals surface area contributed by atoms with Crippen molar-refractivity contribution in [3.8, 4) is 0 Å². The third-order valence-electron chi connectivity index (χ3n) is 1.53. The zero-order valence-electron chi connectivity index (χ0n) is 6.46. The van der Waals surface area contributed by atoms with Crippen LogP contribution in [0.3, 0.4) is 0 Å². The van der Waals surface area contributed by atoms with Crippen molar-refractivity contribution in [1.29, 1.82) is 0 Å². The molecule has 0 aromatic heterocycles. The Labute approximate surface area is 62.1 Å². The van der Waals surface area contributed by atoms with Gasteiger partial charge < -0.3 is 5.32 Å². The van der Waals surface area contributed by atoms with Gasteiger partial charge in [-0.25, -0.2) is 0 Å². The molecule has 0 saturated heterocycles. The first-order valence-electron chi connectivity index (χ1n) is 3.57. The molecule has 1 N–H and O–H groups in total. The molecule has 0 fully saturated rings. The van der Waals surface area contributed by atoms with Gasteiger partial charge in [0, 0.05) is 12.7 Å². The van der Waals surface area contributed by atoms with Crippen molar-refractivity contribution < 1.29 is 0 Å². The maximum Gasteiger partial charge on any atom is 0.0302 e. The highest BCUT2D eigenvalue weighted by molar-refractivity contribution is 5.26. The number of allylic oxidation sites excluding steroid dienone is 5. The Morgan fingerprint density at radius 1 is 1.40 bits per heavy atom. The molecule has 1 atom stereocenters. The zero-order valence-corrected chi connectivity index (χ0v) is 6.46. The molecule has 1 aliphatic rings. The van der Waals surface area contributed by atoms with Crippen LogP contribution in [0.15, 0.2) is 36.1 Å². The lowest BCUT2D eigenvalue weighted by Gasteiger charge is -2.00. The maximum absolute atomic E-state index is 3.11. The van der Waals surface area contributed by atoms with E-state index in [0.29, 0.717) is 5.92 Å². The number of rotatable bonds is 1. The van der Waals surface area contributed by atoms with Gasteiger partial charge in [0.25, 0.3) is 0 Å². The summed E-state index contributed by atoms with van der Waals surface area (Å²) in [7, 11) is 1.94. The summed E-state index contributed by atoms with van der Waals surface area (Å²) in [5.41, 5.74) is 1.19. The molecule has 10 heavy (non-hydrogen) atoms. The molecule has 0 amide bonds. The number of likely N-dealkylation sites (N-methyl/N-ethyl adjacent to an activating group) is 1. The Kier molecular flexibility index (Phi) is 2.32. The van der Waals surface area contributed by atoms with Gasteiger partial charge >= 0.3 is 0 Å². The topological polar surface area (TPSA) is 12.0 Å². The fourth-order valence-electron chi connectivity index (χ4n) is 0.960. The van der Waals surface area contributed by atoms with Crippen LogP contribution in [0.25, 0.3) is 0 Å². The molecule has 0 aromatic carbocycles. The van der Waals surface area contributed by atoms with E-state index in [1.54, 1.807) is 0 Å². The molecular weight excluding hydrogens is 122 g/mol. The van der Waals surface area contributed by atoms with Crippen molar-refractivity contribution in [2.24, 2.45) is 5.92 Å². The second-order valence-electron chi connectivity index (χ2n) is 2.48. The summed E-state index contributed by atoms with van der Waals surface area (Å²) >= 11 is 0. The number of hydrogen-bond donors (Lipinski definition) is 1. The third-order valence-corrected chi connectivity index (χ3v) is 1.53. The molecule has 1 nitrogen and oxygen atoms in total. The van der Waals surface area contributed by atoms with Crippen LogP contribution in [-0.4, -0.2) is 7.05 Å². The summed E-state index contributed by atoms with van der Waals surface area (Å²) in [6, 6.07) is 0.